The first-order valence-corrected chi connectivity index (χ1v) is 5.78. The Labute approximate surface area is 115 Å². The van der Waals surface area contributed by atoms with Gasteiger partial charge in [-0.3, -0.25) is 10.1 Å². The molecule has 2 N–H and O–H groups in total. The van der Waals surface area contributed by atoms with E-state index in [1.807, 2.05) is 0 Å². The van der Waals surface area contributed by atoms with Crippen molar-refractivity contribution in [2.75, 3.05) is 14.2 Å². The van der Waals surface area contributed by atoms with Crippen molar-refractivity contribution in [3.05, 3.63) is 51.8 Å². The first-order valence-electron chi connectivity index (χ1n) is 5.78. The Morgan fingerprint density at radius 1 is 1.25 bits per heavy atom. The van der Waals surface area contributed by atoms with Crippen molar-refractivity contribution in [1.82, 2.24) is 0 Å². The summed E-state index contributed by atoms with van der Waals surface area (Å²) in [6.45, 7) is 0. The van der Waals surface area contributed by atoms with E-state index in [0.29, 0.717) is 17.1 Å². The van der Waals surface area contributed by atoms with Crippen LogP contribution in [0.15, 0.2) is 34.7 Å². The van der Waals surface area contributed by atoms with Crippen molar-refractivity contribution in [3.8, 4) is 11.5 Å². The van der Waals surface area contributed by atoms with Gasteiger partial charge in [0.2, 0.25) is 0 Å². The van der Waals surface area contributed by atoms with Crippen LogP contribution in [-0.2, 0) is 0 Å². The summed E-state index contributed by atoms with van der Waals surface area (Å²) in [6, 6.07) is 7.21. The highest BCUT2D eigenvalue weighted by atomic mass is 16.6. The average molecular weight is 278 g/mol. The zero-order valence-corrected chi connectivity index (χ0v) is 11.0. The molecule has 7 nitrogen and oxygen atoms in total. The Kier molecular flexibility index (Phi) is 3.90. The molecule has 106 valence electrons. The van der Waals surface area contributed by atoms with Crippen LogP contribution in [0.5, 0.6) is 11.5 Å². The van der Waals surface area contributed by atoms with Crippen molar-refractivity contribution >= 4 is 5.88 Å². The van der Waals surface area contributed by atoms with Gasteiger partial charge in [0.15, 0.2) is 0 Å². The molecule has 2 aromatic rings. The second-order valence-corrected chi connectivity index (χ2v) is 4.02. The molecule has 0 bridgehead atoms. The Bertz CT molecular complexity index is 623. The molecule has 0 spiro atoms. The fourth-order valence-electron chi connectivity index (χ4n) is 1.84. The number of furan rings is 1. The molecule has 0 amide bonds. The van der Waals surface area contributed by atoms with Gasteiger partial charge in [0.05, 0.1) is 26.3 Å². The average Bonchev–Trinajstić information content (AvgIpc) is 2.95. The SMILES string of the molecule is COc1ccc(OC)c(C(N)c2ccc([N+](=O)[O-])o2)c1. The van der Waals surface area contributed by atoms with Crippen LogP contribution in [0, 0.1) is 10.1 Å². The second-order valence-electron chi connectivity index (χ2n) is 4.02. The molecule has 1 aromatic heterocycles. The number of benzene rings is 1. The van der Waals surface area contributed by atoms with Gasteiger partial charge in [0, 0.05) is 5.56 Å². The van der Waals surface area contributed by atoms with E-state index >= 15 is 0 Å². The maximum Gasteiger partial charge on any atom is 0.433 e. The Balaban J connectivity index is 2.40. The highest BCUT2D eigenvalue weighted by Crippen LogP contribution is 2.33. The summed E-state index contributed by atoms with van der Waals surface area (Å²) in [7, 11) is 3.05. The third-order valence-corrected chi connectivity index (χ3v) is 2.87. The van der Waals surface area contributed by atoms with Gasteiger partial charge < -0.3 is 19.6 Å². The minimum absolute atomic E-state index is 0.281. The molecule has 0 radical (unpaired) electrons. The highest BCUT2D eigenvalue weighted by molar-refractivity contribution is 5.44. The van der Waals surface area contributed by atoms with Crippen LogP contribution in [0.3, 0.4) is 0 Å². The Hall–Kier alpha value is -2.54. The molecule has 0 fully saturated rings. The molecule has 0 saturated carbocycles. The van der Waals surface area contributed by atoms with Gasteiger partial charge in [-0.25, -0.2) is 0 Å². The van der Waals surface area contributed by atoms with Crippen LogP contribution in [0.1, 0.15) is 17.4 Å². The molecule has 20 heavy (non-hydrogen) atoms. The van der Waals surface area contributed by atoms with Gasteiger partial charge in [0.1, 0.15) is 22.2 Å². The van der Waals surface area contributed by atoms with E-state index in [1.54, 1.807) is 18.2 Å². The van der Waals surface area contributed by atoms with Crippen molar-refractivity contribution in [3.63, 3.8) is 0 Å². The number of nitrogens with two attached hydrogens (primary N) is 1. The number of methoxy groups -OCH3 is 2. The fraction of sp³-hybridized carbons (Fsp3) is 0.231. The topological polar surface area (TPSA) is 101 Å². The molecule has 0 aliphatic heterocycles. The standard InChI is InChI=1S/C13H14N2O5/c1-18-8-3-4-10(19-2)9(7-8)13(14)11-5-6-12(20-11)15(16)17/h3-7,13H,14H2,1-2H3. The monoisotopic (exact) mass is 278 g/mol. The van der Waals surface area contributed by atoms with Gasteiger partial charge in [-0.2, -0.15) is 0 Å². The minimum Gasteiger partial charge on any atom is -0.497 e. The predicted molar refractivity (Wildman–Crippen MR) is 70.9 cm³/mol. The third-order valence-electron chi connectivity index (χ3n) is 2.87. The van der Waals surface area contributed by atoms with Crippen LogP contribution in [0.25, 0.3) is 0 Å². The van der Waals surface area contributed by atoms with Gasteiger partial charge in [0.25, 0.3) is 0 Å². The van der Waals surface area contributed by atoms with Crippen molar-refractivity contribution in [2.24, 2.45) is 5.73 Å². The lowest BCUT2D eigenvalue weighted by Gasteiger charge is -2.14. The summed E-state index contributed by atoms with van der Waals surface area (Å²) in [5, 5.41) is 10.6. The first kappa shape index (κ1) is 13.9. The van der Waals surface area contributed by atoms with Crippen molar-refractivity contribution < 1.29 is 18.8 Å². The second kappa shape index (κ2) is 5.62. The first-order chi connectivity index (χ1) is 9.56. The molecule has 0 aliphatic carbocycles. The zero-order valence-electron chi connectivity index (χ0n) is 11.0. The lowest BCUT2D eigenvalue weighted by molar-refractivity contribution is -0.402. The Morgan fingerprint density at radius 2 is 2.00 bits per heavy atom. The summed E-state index contributed by atoms with van der Waals surface area (Å²) >= 11 is 0. The van der Waals surface area contributed by atoms with Gasteiger partial charge in [-0.1, -0.05) is 0 Å². The number of hydrogen-bond acceptors (Lipinski definition) is 6. The summed E-state index contributed by atoms with van der Waals surface area (Å²) in [5.74, 6) is 1.09. The molecular formula is C13H14N2O5. The molecule has 2 rings (SSSR count). The van der Waals surface area contributed by atoms with E-state index in [-0.39, 0.29) is 11.6 Å². The van der Waals surface area contributed by atoms with Crippen LogP contribution in [0.2, 0.25) is 0 Å². The Morgan fingerprint density at radius 3 is 2.55 bits per heavy atom. The predicted octanol–water partition coefficient (Wildman–Crippen LogP) is 2.25. The van der Waals surface area contributed by atoms with Crippen LogP contribution in [-0.4, -0.2) is 19.1 Å². The highest BCUT2D eigenvalue weighted by Gasteiger charge is 2.21. The molecular weight excluding hydrogens is 264 g/mol. The van der Waals surface area contributed by atoms with Crippen molar-refractivity contribution in [1.29, 1.82) is 0 Å². The van der Waals surface area contributed by atoms with E-state index < -0.39 is 11.0 Å². The number of nitro groups is 1. The summed E-state index contributed by atoms with van der Waals surface area (Å²) in [5.41, 5.74) is 6.70. The maximum atomic E-state index is 10.6. The third kappa shape index (κ3) is 2.57. The molecule has 1 unspecified atom stereocenters. The van der Waals surface area contributed by atoms with Crippen LogP contribution in [0.4, 0.5) is 5.88 Å². The number of hydrogen-bond donors (Lipinski definition) is 1. The number of rotatable bonds is 5. The van der Waals surface area contributed by atoms with Crippen LogP contribution < -0.4 is 15.2 Å². The zero-order chi connectivity index (χ0) is 14.7. The van der Waals surface area contributed by atoms with E-state index in [1.165, 1.54) is 26.4 Å². The quantitative estimate of drug-likeness (QED) is 0.665. The lowest BCUT2D eigenvalue weighted by Crippen LogP contribution is -2.12. The minimum atomic E-state index is -0.686. The summed E-state index contributed by atoms with van der Waals surface area (Å²) in [4.78, 5) is 10.0. The molecule has 1 aromatic carbocycles. The van der Waals surface area contributed by atoms with E-state index in [2.05, 4.69) is 0 Å². The molecule has 1 atom stereocenters. The molecule has 0 aliphatic rings. The summed E-state index contributed by atoms with van der Waals surface area (Å²) < 4.78 is 15.5. The lowest BCUT2D eigenvalue weighted by atomic mass is 10.0. The largest absolute Gasteiger partial charge is 0.497 e. The van der Waals surface area contributed by atoms with Crippen molar-refractivity contribution in [2.45, 2.75) is 6.04 Å². The summed E-state index contributed by atoms with van der Waals surface area (Å²) in [6.07, 6.45) is 0. The van der Waals surface area contributed by atoms with Gasteiger partial charge in [-0.05, 0) is 24.3 Å². The van der Waals surface area contributed by atoms with Crippen LogP contribution >= 0.6 is 0 Å². The van der Waals surface area contributed by atoms with Gasteiger partial charge in [-0.15, -0.1) is 0 Å². The molecule has 0 saturated heterocycles. The van der Waals surface area contributed by atoms with E-state index in [9.17, 15) is 10.1 Å². The van der Waals surface area contributed by atoms with E-state index in [0.717, 1.165) is 0 Å². The molecule has 7 heteroatoms. The fourth-order valence-corrected chi connectivity index (χ4v) is 1.84. The number of nitrogens with zero attached hydrogens (tertiary/aromatic N) is 1. The molecule has 1 heterocycles. The number of ether oxygens (including phenoxy) is 2. The maximum absolute atomic E-state index is 10.6. The van der Waals surface area contributed by atoms with Gasteiger partial charge >= 0.3 is 5.88 Å². The smallest absolute Gasteiger partial charge is 0.433 e. The van der Waals surface area contributed by atoms with E-state index in [4.69, 9.17) is 19.6 Å². The normalized spacial score (nSPS) is 11.9.